The molecule has 2 amide bonds. The van der Waals surface area contributed by atoms with Crippen LogP contribution in [-0.2, 0) is 4.79 Å². The van der Waals surface area contributed by atoms with Gasteiger partial charge < -0.3 is 15.6 Å². The number of pyridine rings is 1. The molecular formula is C12H16ClN5O2. The maximum Gasteiger partial charge on any atom is 0.256 e. The van der Waals surface area contributed by atoms with E-state index in [9.17, 15) is 9.59 Å². The molecule has 4 N–H and O–H groups in total. The zero-order valence-corrected chi connectivity index (χ0v) is 11.8. The summed E-state index contributed by atoms with van der Waals surface area (Å²) in [5, 5.41) is 3.01. The number of aromatic nitrogens is 1. The fraction of sp³-hybridized carbons (Fsp3) is 0.417. The molecule has 1 unspecified atom stereocenters. The van der Waals surface area contributed by atoms with Gasteiger partial charge in [-0.25, -0.2) is 10.8 Å². The molecule has 1 atom stereocenters. The van der Waals surface area contributed by atoms with Gasteiger partial charge in [0.05, 0.1) is 10.6 Å². The van der Waals surface area contributed by atoms with Crippen LogP contribution in [0.4, 0.5) is 5.82 Å². The second-order valence-electron chi connectivity index (χ2n) is 4.41. The zero-order chi connectivity index (χ0) is 14.7. The molecule has 1 saturated heterocycles. The van der Waals surface area contributed by atoms with Crippen molar-refractivity contribution < 1.29 is 9.59 Å². The lowest BCUT2D eigenvalue weighted by Crippen LogP contribution is -2.56. The minimum atomic E-state index is -0.456. The van der Waals surface area contributed by atoms with Crippen LogP contribution >= 0.6 is 11.6 Å². The van der Waals surface area contributed by atoms with Crippen molar-refractivity contribution in [3.8, 4) is 0 Å². The highest BCUT2D eigenvalue weighted by molar-refractivity contribution is 6.33. The second-order valence-corrected chi connectivity index (χ2v) is 4.82. The summed E-state index contributed by atoms with van der Waals surface area (Å²) in [5.74, 6) is 5.14. The quantitative estimate of drug-likeness (QED) is 0.553. The van der Waals surface area contributed by atoms with Crippen LogP contribution in [0.5, 0.6) is 0 Å². The van der Waals surface area contributed by atoms with Crippen LogP contribution < -0.4 is 16.6 Å². The van der Waals surface area contributed by atoms with Crippen LogP contribution in [0.25, 0.3) is 0 Å². The molecule has 1 aliphatic rings. The standard InChI is InChI=1S/C12H16ClN5O2/c1-2-9-11(19)15-3-4-18(9)12(20)7-5-8(13)10(17-14)16-6-7/h5-6,9H,2-4,14H2,1H3,(H,15,19)(H,16,17). The Kier molecular flexibility index (Phi) is 4.41. The maximum absolute atomic E-state index is 12.5. The summed E-state index contributed by atoms with van der Waals surface area (Å²) < 4.78 is 0. The summed E-state index contributed by atoms with van der Waals surface area (Å²) in [5.41, 5.74) is 2.67. The summed E-state index contributed by atoms with van der Waals surface area (Å²) in [6.07, 6.45) is 1.95. The van der Waals surface area contributed by atoms with Gasteiger partial charge in [-0.05, 0) is 12.5 Å². The summed E-state index contributed by atoms with van der Waals surface area (Å²) in [6, 6.07) is 1.04. The van der Waals surface area contributed by atoms with E-state index < -0.39 is 6.04 Å². The van der Waals surface area contributed by atoms with E-state index in [0.29, 0.717) is 30.9 Å². The molecule has 2 rings (SSSR count). The van der Waals surface area contributed by atoms with Crippen molar-refractivity contribution in [1.29, 1.82) is 0 Å². The van der Waals surface area contributed by atoms with Gasteiger partial charge in [0, 0.05) is 19.3 Å². The van der Waals surface area contributed by atoms with Crippen molar-refractivity contribution in [3.63, 3.8) is 0 Å². The van der Waals surface area contributed by atoms with Gasteiger partial charge in [0.2, 0.25) is 5.91 Å². The van der Waals surface area contributed by atoms with E-state index >= 15 is 0 Å². The van der Waals surface area contributed by atoms with Crippen LogP contribution in [-0.4, -0.2) is 40.8 Å². The molecule has 1 aromatic heterocycles. The molecule has 2 heterocycles. The highest BCUT2D eigenvalue weighted by atomic mass is 35.5. The summed E-state index contributed by atoms with van der Waals surface area (Å²) in [4.78, 5) is 29.7. The first kappa shape index (κ1) is 14.5. The number of amides is 2. The van der Waals surface area contributed by atoms with Crippen LogP contribution in [0.2, 0.25) is 5.02 Å². The second kappa shape index (κ2) is 6.06. The SMILES string of the molecule is CCC1C(=O)NCCN1C(=O)c1cnc(NN)c(Cl)c1. The highest BCUT2D eigenvalue weighted by Gasteiger charge is 2.32. The molecule has 1 aromatic rings. The van der Waals surface area contributed by atoms with Crippen molar-refractivity contribution in [1.82, 2.24) is 15.2 Å². The predicted octanol–water partition coefficient (Wildman–Crippen LogP) is 0.371. The fourth-order valence-corrected chi connectivity index (χ4v) is 2.41. The molecule has 0 bridgehead atoms. The van der Waals surface area contributed by atoms with Gasteiger partial charge in [-0.3, -0.25) is 9.59 Å². The molecule has 0 saturated carbocycles. The molecule has 0 aromatic carbocycles. The number of anilines is 1. The topological polar surface area (TPSA) is 100 Å². The van der Waals surface area contributed by atoms with Crippen molar-refractivity contribution in [2.75, 3.05) is 18.5 Å². The lowest BCUT2D eigenvalue weighted by molar-refractivity contribution is -0.127. The van der Waals surface area contributed by atoms with E-state index in [1.54, 1.807) is 4.90 Å². The molecule has 0 radical (unpaired) electrons. The summed E-state index contributed by atoms with van der Waals surface area (Å²) in [6.45, 7) is 2.78. The molecule has 0 spiro atoms. The zero-order valence-electron chi connectivity index (χ0n) is 11.0. The lowest BCUT2D eigenvalue weighted by Gasteiger charge is -2.34. The van der Waals surface area contributed by atoms with E-state index in [0.717, 1.165) is 0 Å². The number of carbonyl (C=O) groups excluding carboxylic acids is 2. The molecule has 8 heteroatoms. The molecule has 108 valence electrons. The third-order valence-electron chi connectivity index (χ3n) is 3.20. The highest BCUT2D eigenvalue weighted by Crippen LogP contribution is 2.21. The number of hydrogen-bond donors (Lipinski definition) is 3. The maximum atomic E-state index is 12.5. The normalized spacial score (nSPS) is 18.6. The molecule has 20 heavy (non-hydrogen) atoms. The van der Waals surface area contributed by atoms with Gasteiger partial charge >= 0.3 is 0 Å². The van der Waals surface area contributed by atoms with Crippen LogP contribution in [0.3, 0.4) is 0 Å². The Morgan fingerprint density at radius 1 is 1.70 bits per heavy atom. The first-order valence-corrected chi connectivity index (χ1v) is 6.67. The number of nitrogens with zero attached hydrogens (tertiary/aromatic N) is 2. The number of nitrogens with two attached hydrogens (primary N) is 1. The summed E-state index contributed by atoms with van der Waals surface area (Å²) in [7, 11) is 0. The number of rotatable bonds is 3. The number of hydrogen-bond acceptors (Lipinski definition) is 5. The number of piperazine rings is 1. The van der Waals surface area contributed by atoms with E-state index in [-0.39, 0.29) is 16.8 Å². The molecule has 1 fully saturated rings. The molecule has 7 nitrogen and oxygen atoms in total. The van der Waals surface area contributed by atoms with E-state index in [4.69, 9.17) is 17.4 Å². The minimum Gasteiger partial charge on any atom is -0.353 e. The van der Waals surface area contributed by atoms with Gasteiger partial charge in [-0.15, -0.1) is 0 Å². The number of halogens is 1. The predicted molar refractivity (Wildman–Crippen MR) is 75.2 cm³/mol. The van der Waals surface area contributed by atoms with E-state index in [1.165, 1.54) is 12.3 Å². The first-order valence-electron chi connectivity index (χ1n) is 6.29. The lowest BCUT2D eigenvalue weighted by atomic mass is 10.1. The Morgan fingerprint density at radius 3 is 3.05 bits per heavy atom. The van der Waals surface area contributed by atoms with Gasteiger partial charge in [-0.2, -0.15) is 0 Å². The number of carbonyl (C=O) groups is 2. The monoisotopic (exact) mass is 297 g/mol. The van der Waals surface area contributed by atoms with Gasteiger partial charge in [-0.1, -0.05) is 18.5 Å². The molecular weight excluding hydrogens is 282 g/mol. The first-order chi connectivity index (χ1) is 9.58. The minimum absolute atomic E-state index is 0.133. The van der Waals surface area contributed by atoms with Crippen molar-refractivity contribution in [2.45, 2.75) is 19.4 Å². The van der Waals surface area contributed by atoms with Gasteiger partial charge in [0.25, 0.3) is 5.91 Å². The van der Waals surface area contributed by atoms with Crippen molar-refractivity contribution >= 4 is 29.2 Å². The van der Waals surface area contributed by atoms with E-state index in [1.807, 2.05) is 6.92 Å². The third kappa shape index (κ3) is 2.68. The number of hydrazine groups is 1. The third-order valence-corrected chi connectivity index (χ3v) is 3.49. The Labute approximate surface area is 121 Å². The summed E-state index contributed by atoms with van der Waals surface area (Å²) >= 11 is 5.96. The molecule has 0 aliphatic carbocycles. The average molecular weight is 298 g/mol. The fourth-order valence-electron chi connectivity index (χ4n) is 2.19. The molecule has 1 aliphatic heterocycles. The largest absolute Gasteiger partial charge is 0.353 e. The van der Waals surface area contributed by atoms with Crippen LogP contribution in [0.1, 0.15) is 23.7 Å². The van der Waals surface area contributed by atoms with Gasteiger partial charge in [0.15, 0.2) is 5.82 Å². The Hall–Kier alpha value is -1.86. The number of nitrogens with one attached hydrogen (secondary N) is 2. The smallest absolute Gasteiger partial charge is 0.256 e. The van der Waals surface area contributed by atoms with E-state index in [2.05, 4.69) is 15.7 Å². The Bertz CT molecular complexity index is 537. The van der Waals surface area contributed by atoms with Crippen LogP contribution in [0.15, 0.2) is 12.3 Å². The van der Waals surface area contributed by atoms with Gasteiger partial charge in [0.1, 0.15) is 6.04 Å². The van der Waals surface area contributed by atoms with Crippen LogP contribution in [0, 0.1) is 0 Å². The Morgan fingerprint density at radius 2 is 2.45 bits per heavy atom. The van der Waals surface area contributed by atoms with Crippen molar-refractivity contribution in [3.05, 3.63) is 22.8 Å². The Balaban J connectivity index is 2.25. The average Bonchev–Trinajstić information content (AvgIpc) is 2.46. The van der Waals surface area contributed by atoms with Crippen molar-refractivity contribution in [2.24, 2.45) is 5.84 Å². The number of nitrogen functional groups attached to an aromatic ring is 1.